The average molecular weight is 274 g/mol. The van der Waals surface area contributed by atoms with Crippen molar-refractivity contribution in [2.45, 2.75) is 6.92 Å². The van der Waals surface area contributed by atoms with Gasteiger partial charge in [0.25, 0.3) is 5.56 Å². The fourth-order valence-corrected chi connectivity index (χ4v) is 2.13. The van der Waals surface area contributed by atoms with E-state index in [9.17, 15) is 4.79 Å². The van der Waals surface area contributed by atoms with Crippen molar-refractivity contribution in [3.05, 3.63) is 39.3 Å². The van der Waals surface area contributed by atoms with Crippen molar-refractivity contribution >= 4 is 33.4 Å². The molecular formula is C11H7ClKN2O2+. The molecule has 0 aliphatic carbocycles. The first-order valence-electron chi connectivity index (χ1n) is 4.75. The summed E-state index contributed by atoms with van der Waals surface area (Å²) in [6, 6.07) is 5.32. The molecule has 0 spiro atoms. The van der Waals surface area contributed by atoms with E-state index in [-0.39, 0.29) is 56.9 Å². The first-order valence-corrected chi connectivity index (χ1v) is 5.13. The third-order valence-electron chi connectivity index (χ3n) is 2.59. The normalized spacial score (nSPS) is 10.7. The quantitative estimate of drug-likeness (QED) is 0.569. The Kier molecular flexibility index (Phi) is 3.77. The molecule has 3 aromatic rings. The Labute approximate surface area is 144 Å². The molecule has 1 aromatic carbocycles. The number of hydrogen-bond acceptors (Lipinski definition) is 3. The molecule has 0 amide bonds. The van der Waals surface area contributed by atoms with Crippen LogP contribution in [0.4, 0.5) is 0 Å². The summed E-state index contributed by atoms with van der Waals surface area (Å²) < 4.78 is 5.03. The van der Waals surface area contributed by atoms with Crippen LogP contribution in [0.15, 0.2) is 27.5 Å². The zero-order valence-corrected chi connectivity index (χ0v) is 13.3. The molecule has 4 nitrogen and oxygen atoms in total. The van der Waals surface area contributed by atoms with Crippen LogP contribution < -0.4 is 56.9 Å². The number of nitrogens with one attached hydrogen (secondary N) is 1. The van der Waals surface area contributed by atoms with Crippen LogP contribution in [0.1, 0.15) is 5.76 Å². The Bertz CT molecular complexity index is 763. The summed E-state index contributed by atoms with van der Waals surface area (Å²) in [5.74, 6) is 0.498. The summed E-state index contributed by atoms with van der Waals surface area (Å²) in [7, 11) is 0. The van der Waals surface area contributed by atoms with E-state index in [0.29, 0.717) is 27.2 Å². The molecule has 0 saturated carbocycles. The number of aryl methyl sites for hydroxylation is 1. The Morgan fingerprint density at radius 1 is 1.35 bits per heavy atom. The molecule has 2 aromatic heterocycles. The fraction of sp³-hybridized carbons (Fsp3) is 0.0909. The molecule has 80 valence electrons. The second-order valence-corrected chi connectivity index (χ2v) is 3.99. The first-order chi connectivity index (χ1) is 7.68. The Morgan fingerprint density at radius 3 is 2.88 bits per heavy atom. The van der Waals surface area contributed by atoms with Gasteiger partial charge in [-0.3, -0.25) is 4.79 Å². The van der Waals surface area contributed by atoms with Crippen LogP contribution in [0, 0.1) is 6.92 Å². The van der Waals surface area contributed by atoms with Gasteiger partial charge in [0.05, 0.1) is 10.5 Å². The number of aromatic amines is 1. The second kappa shape index (κ2) is 4.83. The first kappa shape index (κ1) is 13.3. The Balaban J connectivity index is 0.00000108. The summed E-state index contributed by atoms with van der Waals surface area (Å²) in [5.41, 5.74) is 0.976. The number of pyridine rings is 1. The summed E-state index contributed by atoms with van der Waals surface area (Å²) >= 11 is 6.09. The standard InChI is InChI=1S/C11H7ClN2O2.K/c1-5-8-10(14-16-5)9-6(12)3-2-4-7(9)13-11(8)15;/h2-4H,1H3,(H,13,15);/q;+1. The van der Waals surface area contributed by atoms with Crippen LogP contribution in [0.5, 0.6) is 0 Å². The molecule has 2 heterocycles. The topological polar surface area (TPSA) is 58.9 Å². The van der Waals surface area contributed by atoms with E-state index in [1.165, 1.54) is 0 Å². The van der Waals surface area contributed by atoms with E-state index in [1.807, 2.05) is 0 Å². The van der Waals surface area contributed by atoms with Crippen LogP contribution in [0.2, 0.25) is 5.02 Å². The molecule has 17 heavy (non-hydrogen) atoms. The van der Waals surface area contributed by atoms with Gasteiger partial charge in [0.15, 0.2) is 0 Å². The molecule has 0 aliphatic rings. The average Bonchev–Trinajstić information content (AvgIpc) is 2.61. The SMILES string of the molecule is Cc1onc2c1c(=O)[nH]c1cccc(Cl)c12.[K+]. The van der Waals surface area contributed by atoms with Crippen molar-refractivity contribution < 1.29 is 55.9 Å². The van der Waals surface area contributed by atoms with Crippen molar-refractivity contribution in [3.8, 4) is 0 Å². The summed E-state index contributed by atoms with van der Waals surface area (Å²) in [6.45, 7) is 1.70. The molecule has 6 heteroatoms. The number of halogens is 1. The fourth-order valence-electron chi connectivity index (χ4n) is 1.86. The van der Waals surface area contributed by atoms with Crippen molar-refractivity contribution in [2.24, 2.45) is 0 Å². The van der Waals surface area contributed by atoms with E-state index >= 15 is 0 Å². The molecular weight excluding hydrogens is 267 g/mol. The Hall–Kier alpha value is -0.174. The maximum atomic E-state index is 11.8. The number of H-pyrrole nitrogens is 1. The van der Waals surface area contributed by atoms with Gasteiger partial charge in [0.2, 0.25) is 0 Å². The van der Waals surface area contributed by atoms with Crippen molar-refractivity contribution in [1.82, 2.24) is 10.1 Å². The number of fused-ring (bicyclic) bond motifs is 3. The van der Waals surface area contributed by atoms with Gasteiger partial charge < -0.3 is 9.51 Å². The molecule has 0 saturated heterocycles. The van der Waals surface area contributed by atoms with Crippen LogP contribution in [0.3, 0.4) is 0 Å². The molecule has 0 atom stereocenters. The maximum Gasteiger partial charge on any atom is 1.00 e. The molecule has 1 N–H and O–H groups in total. The zero-order chi connectivity index (χ0) is 11.3. The summed E-state index contributed by atoms with van der Waals surface area (Å²) in [4.78, 5) is 14.5. The minimum absolute atomic E-state index is 0. The third-order valence-corrected chi connectivity index (χ3v) is 2.90. The molecule has 0 unspecified atom stereocenters. The molecule has 3 rings (SSSR count). The van der Waals surface area contributed by atoms with Gasteiger partial charge in [0, 0.05) is 5.39 Å². The van der Waals surface area contributed by atoms with Crippen LogP contribution in [-0.2, 0) is 0 Å². The smallest absolute Gasteiger partial charge is 0.360 e. The molecule has 0 bridgehead atoms. The molecule has 0 aliphatic heterocycles. The number of nitrogens with zero attached hydrogens (tertiary/aromatic N) is 1. The number of aromatic nitrogens is 2. The van der Waals surface area contributed by atoms with Crippen molar-refractivity contribution in [3.63, 3.8) is 0 Å². The third kappa shape index (κ3) is 2.01. The second-order valence-electron chi connectivity index (χ2n) is 3.58. The maximum absolute atomic E-state index is 11.8. The largest absolute Gasteiger partial charge is 1.00 e. The molecule has 0 radical (unpaired) electrons. The van der Waals surface area contributed by atoms with Gasteiger partial charge in [0.1, 0.15) is 16.7 Å². The predicted molar refractivity (Wildman–Crippen MR) is 61.9 cm³/mol. The molecule has 0 fully saturated rings. The van der Waals surface area contributed by atoms with E-state index in [2.05, 4.69) is 10.1 Å². The predicted octanol–water partition coefficient (Wildman–Crippen LogP) is -0.365. The van der Waals surface area contributed by atoms with Crippen molar-refractivity contribution in [1.29, 1.82) is 0 Å². The van der Waals surface area contributed by atoms with Gasteiger partial charge in [-0.25, -0.2) is 0 Å². The minimum atomic E-state index is -0.205. The zero-order valence-electron chi connectivity index (χ0n) is 9.37. The Morgan fingerprint density at radius 2 is 2.12 bits per heavy atom. The number of hydrogen-bond donors (Lipinski definition) is 1. The van der Waals surface area contributed by atoms with E-state index in [0.717, 1.165) is 5.39 Å². The van der Waals surface area contributed by atoms with E-state index < -0.39 is 0 Å². The van der Waals surface area contributed by atoms with E-state index in [1.54, 1.807) is 25.1 Å². The van der Waals surface area contributed by atoms with Gasteiger partial charge in [-0.15, -0.1) is 0 Å². The monoisotopic (exact) mass is 273 g/mol. The summed E-state index contributed by atoms with van der Waals surface area (Å²) in [5, 5.41) is 5.61. The number of benzene rings is 1. The van der Waals surface area contributed by atoms with Crippen LogP contribution in [0.25, 0.3) is 21.8 Å². The van der Waals surface area contributed by atoms with Gasteiger partial charge in [-0.1, -0.05) is 22.8 Å². The van der Waals surface area contributed by atoms with Crippen molar-refractivity contribution in [2.75, 3.05) is 0 Å². The van der Waals surface area contributed by atoms with Gasteiger partial charge in [-0.2, -0.15) is 0 Å². The van der Waals surface area contributed by atoms with E-state index in [4.69, 9.17) is 16.1 Å². The minimum Gasteiger partial charge on any atom is -0.360 e. The summed E-state index contributed by atoms with van der Waals surface area (Å²) in [6.07, 6.45) is 0. The van der Waals surface area contributed by atoms with Crippen LogP contribution in [-0.4, -0.2) is 10.1 Å². The van der Waals surface area contributed by atoms with Gasteiger partial charge >= 0.3 is 51.4 Å². The van der Waals surface area contributed by atoms with Gasteiger partial charge in [-0.05, 0) is 19.1 Å². The number of rotatable bonds is 0. The van der Waals surface area contributed by atoms with Crippen LogP contribution >= 0.6 is 11.6 Å².